The van der Waals surface area contributed by atoms with Crippen molar-refractivity contribution < 1.29 is 4.74 Å². The van der Waals surface area contributed by atoms with E-state index in [0.29, 0.717) is 6.04 Å². The number of methoxy groups -OCH3 is 1. The van der Waals surface area contributed by atoms with Gasteiger partial charge in [-0.3, -0.25) is 4.68 Å². The number of ether oxygens (including phenoxy) is 1. The monoisotopic (exact) mass is 251 g/mol. The second kappa shape index (κ2) is 6.34. The van der Waals surface area contributed by atoms with E-state index < -0.39 is 0 Å². The molecule has 0 bridgehead atoms. The molecule has 18 heavy (non-hydrogen) atoms. The average Bonchev–Trinajstić information content (AvgIpc) is 2.98. The molecule has 1 aromatic rings. The fraction of sp³-hybridized carbons (Fsp3) is 0.786. The Morgan fingerprint density at radius 3 is 2.89 bits per heavy atom. The highest BCUT2D eigenvalue weighted by atomic mass is 16.5. The van der Waals surface area contributed by atoms with Crippen molar-refractivity contribution in [1.82, 2.24) is 9.78 Å². The molecule has 0 amide bonds. The lowest BCUT2D eigenvalue weighted by atomic mass is 10.1. The van der Waals surface area contributed by atoms with Gasteiger partial charge in [-0.25, -0.2) is 0 Å². The summed E-state index contributed by atoms with van der Waals surface area (Å²) in [5.74, 6) is 0. The highest BCUT2D eigenvalue weighted by molar-refractivity contribution is 5.02. The number of rotatable bonds is 6. The van der Waals surface area contributed by atoms with Gasteiger partial charge in [0.05, 0.1) is 17.8 Å². The van der Waals surface area contributed by atoms with Gasteiger partial charge in [0.25, 0.3) is 0 Å². The molecule has 0 saturated heterocycles. The van der Waals surface area contributed by atoms with Gasteiger partial charge in [-0.1, -0.05) is 12.8 Å². The van der Waals surface area contributed by atoms with Gasteiger partial charge < -0.3 is 10.5 Å². The molecule has 2 unspecified atom stereocenters. The van der Waals surface area contributed by atoms with Crippen LogP contribution in [0.4, 0.5) is 0 Å². The van der Waals surface area contributed by atoms with Gasteiger partial charge in [-0.2, -0.15) is 5.10 Å². The highest BCUT2D eigenvalue weighted by Gasteiger charge is 2.18. The van der Waals surface area contributed by atoms with Gasteiger partial charge in [0.1, 0.15) is 0 Å². The molecule has 102 valence electrons. The van der Waals surface area contributed by atoms with E-state index in [2.05, 4.69) is 29.0 Å². The molecule has 4 nitrogen and oxygen atoms in total. The molecule has 0 spiro atoms. The summed E-state index contributed by atoms with van der Waals surface area (Å²) in [6.45, 7) is 2.05. The average molecular weight is 251 g/mol. The number of hydrogen-bond donors (Lipinski definition) is 1. The Hall–Kier alpha value is -0.870. The van der Waals surface area contributed by atoms with E-state index in [-0.39, 0.29) is 12.1 Å². The molecule has 1 aromatic heterocycles. The first-order valence-corrected chi connectivity index (χ1v) is 7.01. The van der Waals surface area contributed by atoms with Crippen molar-refractivity contribution in [2.45, 2.75) is 63.6 Å². The topological polar surface area (TPSA) is 53.1 Å². The molecule has 2 N–H and O–H groups in total. The van der Waals surface area contributed by atoms with E-state index >= 15 is 0 Å². The maximum atomic E-state index is 6.12. The fourth-order valence-electron chi connectivity index (χ4n) is 2.73. The van der Waals surface area contributed by atoms with E-state index in [1.807, 2.05) is 0 Å². The molecular formula is C14H25N3O. The van der Waals surface area contributed by atoms with E-state index in [0.717, 1.165) is 18.5 Å². The molecule has 1 aliphatic rings. The maximum absolute atomic E-state index is 6.12. The van der Waals surface area contributed by atoms with Gasteiger partial charge in [0, 0.05) is 25.8 Å². The SMILES string of the molecule is COC(C)CC(N)Cc1ccn(C2CCCC2)n1. The number of nitrogens with two attached hydrogens (primary N) is 1. The van der Waals surface area contributed by atoms with E-state index in [4.69, 9.17) is 10.5 Å². The molecule has 1 aliphatic carbocycles. The van der Waals surface area contributed by atoms with Crippen molar-refractivity contribution in [3.05, 3.63) is 18.0 Å². The Bertz CT molecular complexity index is 358. The van der Waals surface area contributed by atoms with E-state index in [9.17, 15) is 0 Å². The predicted octanol–water partition coefficient (Wildman–Crippen LogP) is 2.29. The minimum atomic E-state index is 0.131. The molecular weight excluding hydrogens is 226 g/mol. The van der Waals surface area contributed by atoms with Crippen LogP contribution in [0.1, 0.15) is 50.8 Å². The van der Waals surface area contributed by atoms with Crippen LogP contribution >= 0.6 is 0 Å². The van der Waals surface area contributed by atoms with Crippen molar-refractivity contribution in [1.29, 1.82) is 0 Å². The molecule has 1 fully saturated rings. The van der Waals surface area contributed by atoms with Crippen molar-refractivity contribution in [2.24, 2.45) is 5.73 Å². The first kappa shape index (κ1) is 13.6. The maximum Gasteiger partial charge on any atom is 0.0640 e. The molecule has 0 aliphatic heterocycles. The van der Waals surface area contributed by atoms with Gasteiger partial charge >= 0.3 is 0 Å². The highest BCUT2D eigenvalue weighted by Crippen LogP contribution is 2.28. The van der Waals surface area contributed by atoms with Crippen molar-refractivity contribution >= 4 is 0 Å². The zero-order chi connectivity index (χ0) is 13.0. The van der Waals surface area contributed by atoms with Crippen LogP contribution < -0.4 is 5.73 Å². The second-order valence-electron chi connectivity index (χ2n) is 5.47. The van der Waals surface area contributed by atoms with Crippen LogP contribution in [0.2, 0.25) is 0 Å². The molecule has 1 heterocycles. The third-order valence-corrected chi connectivity index (χ3v) is 3.87. The molecule has 0 radical (unpaired) electrons. The zero-order valence-corrected chi connectivity index (χ0v) is 11.5. The normalized spacial score (nSPS) is 20.2. The second-order valence-corrected chi connectivity index (χ2v) is 5.47. The van der Waals surface area contributed by atoms with Crippen LogP contribution in [0, 0.1) is 0 Å². The largest absolute Gasteiger partial charge is 0.382 e. The third kappa shape index (κ3) is 3.56. The Labute approximate surface area is 110 Å². The van der Waals surface area contributed by atoms with Gasteiger partial charge in [-0.15, -0.1) is 0 Å². The fourth-order valence-corrected chi connectivity index (χ4v) is 2.73. The van der Waals surface area contributed by atoms with Crippen LogP contribution in [-0.2, 0) is 11.2 Å². The van der Waals surface area contributed by atoms with E-state index in [1.165, 1.54) is 25.7 Å². The van der Waals surface area contributed by atoms with Gasteiger partial charge in [0.15, 0.2) is 0 Å². The summed E-state index contributed by atoms with van der Waals surface area (Å²) in [7, 11) is 1.73. The van der Waals surface area contributed by atoms with Crippen molar-refractivity contribution in [2.75, 3.05) is 7.11 Å². The van der Waals surface area contributed by atoms with Crippen LogP contribution in [0.3, 0.4) is 0 Å². The first-order valence-electron chi connectivity index (χ1n) is 7.01. The number of hydrogen-bond acceptors (Lipinski definition) is 3. The predicted molar refractivity (Wildman–Crippen MR) is 72.5 cm³/mol. The molecule has 1 saturated carbocycles. The molecule has 0 aromatic carbocycles. The van der Waals surface area contributed by atoms with E-state index in [1.54, 1.807) is 7.11 Å². The van der Waals surface area contributed by atoms with Crippen molar-refractivity contribution in [3.8, 4) is 0 Å². The first-order chi connectivity index (χ1) is 8.69. The summed E-state index contributed by atoms with van der Waals surface area (Å²) in [5, 5.41) is 4.66. The minimum Gasteiger partial charge on any atom is -0.382 e. The summed E-state index contributed by atoms with van der Waals surface area (Å²) in [4.78, 5) is 0. The van der Waals surface area contributed by atoms with Gasteiger partial charge in [0.2, 0.25) is 0 Å². The number of aromatic nitrogens is 2. The lowest BCUT2D eigenvalue weighted by molar-refractivity contribution is 0.104. The molecule has 2 atom stereocenters. The third-order valence-electron chi connectivity index (χ3n) is 3.87. The lowest BCUT2D eigenvalue weighted by Crippen LogP contribution is -2.28. The summed E-state index contributed by atoms with van der Waals surface area (Å²) in [6.07, 6.45) is 9.27. The van der Waals surface area contributed by atoms with Crippen LogP contribution in [0.5, 0.6) is 0 Å². The summed E-state index contributed by atoms with van der Waals surface area (Å²) in [5.41, 5.74) is 7.22. The lowest BCUT2D eigenvalue weighted by Gasteiger charge is -2.15. The Morgan fingerprint density at radius 2 is 2.22 bits per heavy atom. The molecule has 4 heteroatoms. The minimum absolute atomic E-state index is 0.131. The summed E-state index contributed by atoms with van der Waals surface area (Å²) >= 11 is 0. The van der Waals surface area contributed by atoms with Crippen LogP contribution in [0.15, 0.2) is 12.3 Å². The summed E-state index contributed by atoms with van der Waals surface area (Å²) in [6, 6.07) is 2.86. The van der Waals surface area contributed by atoms with Gasteiger partial charge in [-0.05, 0) is 32.3 Å². The Balaban J connectivity index is 1.85. The quantitative estimate of drug-likeness (QED) is 0.844. The van der Waals surface area contributed by atoms with Crippen LogP contribution in [0.25, 0.3) is 0 Å². The smallest absolute Gasteiger partial charge is 0.0640 e. The standard InChI is InChI=1S/C14H25N3O/c1-11(18-2)9-12(15)10-13-7-8-17(16-13)14-5-3-4-6-14/h7-8,11-12,14H,3-6,9-10,15H2,1-2H3. The zero-order valence-electron chi connectivity index (χ0n) is 11.5. The van der Waals surface area contributed by atoms with Crippen molar-refractivity contribution in [3.63, 3.8) is 0 Å². The Morgan fingerprint density at radius 1 is 1.50 bits per heavy atom. The molecule has 2 rings (SSSR count). The Kier molecular flexibility index (Phi) is 4.78. The van der Waals surface area contributed by atoms with Crippen LogP contribution in [-0.4, -0.2) is 29.0 Å². The summed E-state index contributed by atoms with van der Waals surface area (Å²) < 4.78 is 7.37. The number of nitrogens with zero attached hydrogens (tertiary/aromatic N) is 2.